The van der Waals surface area contributed by atoms with Crippen LogP contribution in [-0.2, 0) is 4.74 Å². The Kier molecular flexibility index (Phi) is 5.26. The number of benzene rings is 1. The van der Waals surface area contributed by atoms with Crippen LogP contribution in [0.2, 0.25) is 0 Å². The van der Waals surface area contributed by atoms with E-state index in [1.54, 1.807) is 6.92 Å². The summed E-state index contributed by atoms with van der Waals surface area (Å²) in [7, 11) is 1.53. The lowest BCUT2D eigenvalue weighted by molar-refractivity contribution is 0.0243. The van der Waals surface area contributed by atoms with Gasteiger partial charge in [0.25, 0.3) is 5.91 Å². The van der Waals surface area contributed by atoms with Crippen molar-refractivity contribution in [1.82, 2.24) is 5.32 Å². The second kappa shape index (κ2) is 6.49. The molecule has 0 bridgehead atoms. The maximum atomic E-state index is 13.5. The fraction of sp³-hybridized carbons (Fsp3) is 0.462. The van der Waals surface area contributed by atoms with Crippen LogP contribution < -0.4 is 11.1 Å². The fourth-order valence-electron chi connectivity index (χ4n) is 1.49. The van der Waals surface area contributed by atoms with Gasteiger partial charge in [-0.3, -0.25) is 4.79 Å². The van der Waals surface area contributed by atoms with Crippen LogP contribution in [0.3, 0.4) is 0 Å². The first-order chi connectivity index (χ1) is 8.85. The van der Waals surface area contributed by atoms with Gasteiger partial charge in [-0.2, -0.15) is 0 Å². The van der Waals surface area contributed by atoms with E-state index in [0.717, 1.165) is 6.07 Å². The quantitative estimate of drug-likeness (QED) is 0.671. The molecule has 0 heterocycles. The number of nitrogens with one attached hydrogen (secondary N) is 1. The van der Waals surface area contributed by atoms with E-state index >= 15 is 0 Å². The molecule has 0 saturated heterocycles. The Balaban J connectivity index is 2.60. The number of anilines is 1. The van der Waals surface area contributed by atoms with E-state index in [1.807, 2.05) is 0 Å². The molecule has 1 atom stereocenters. The molecule has 5 nitrogen and oxygen atoms in total. The van der Waals surface area contributed by atoms with Crippen molar-refractivity contribution < 1.29 is 19.0 Å². The van der Waals surface area contributed by atoms with Gasteiger partial charge < -0.3 is 20.9 Å². The van der Waals surface area contributed by atoms with Crippen molar-refractivity contribution in [3.05, 3.63) is 29.6 Å². The highest BCUT2D eigenvalue weighted by molar-refractivity contribution is 5.94. The number of methoxy groups -OCH3 is 1. The smallest absolute Gasteiger partial charge is 0.254 e. The molecule has 4 N–H and O–H groups in total. The molecule has 1 rings (SSSR count). The Morgan fingerprint density at radius 2 is 2.26 bits per heavy atom. The number of halogens is 1. The first-order valence-electron chi connectivity index (χ1n) is 5.90. The van der Waals surface area contributed by atoms with Gasteiger partial charge in [0.1, 0.15) is 5.82 Å². The van der Waals surface area contributed by atoms with Gasteiger partial charge in [0.05, 0.1) is 11.2 Å². The summed E-state index contributed by atoms with van der Waals surface area (Å²) in [5.41, 5.74) is 4.45. The van der Waals surface area contributed by atoms with Crippen molar-refractivity contribution in [2.24, 2.45) is 0 Å². The number of amides is 1. The minimum absolute atomic E-state index is 0.0129. The van der Waals surface area contributed by atoms with Gasteiger partial charge in [-0.25, -0.2) is 4.39 Å². The maximum absolute atomic E-state index is 13.5. The van der Waals surface area contributed by atoms with Gasteiger partial charge in [-0.1, -0.05) is 0 Å². The monoisotopic (exact) mass is 270 g/mol. The molecule has 0 saturated carbocycles. The molecule has 0 aromatic heterocycles. The van der Waals surface area contributed by atoms with Crippen molar-refractivity contribution in [2.45, 2.75) is 18.9 Å². The molecule has 0 aliphatic rings. The predicted molar refractivity (Wildman–Crippen MR) is 70.3 cm³/mol. The van der Waals surface area contributed by atoms with E-state index in [4.69, 9.17) is 10.5 Å². The van der Waals surface area contributed by atoms with E-state index < -0.39 is 17.3 Å². The highest BCUT2D eigenvalue weighted by atomic mass is 19.1. The Bertz CT molecular complexity index is 450. The van der Waals surface area contributed by atoms with E-state index in [0.29, 0.717) is 13.0 Å². The molecular formula is C13H19FN2O3. The number of nitrogens with two attached hydrogens (primary N) is 1. The van der Waals surface area contributed by atoms with Crippen LogP contribution >= 0.6 is 0 Å². The standard InChI is InChI=1S/C13H19FN2O3/c1-13(18,5-6-19-2)8-16-12(17)10-4-3-9(15)7-11(10)14/h3-4,7,18H,5-6,8,15H2,1-2H3,(H,16,17). The van der Waals surface area contributed by atoms with Crippen molar-refractivity contribution in [3.63, 3.8) is 0 Å². The molecule has 1 amide bonds. The van der Waals surface area contributed by atoms with Gasteiger partial charge in [0, 0.05) is 32.4 Å². The van der Waals surface area contributed by atoms with E-state index in [9.17, 15) is 14.3 Å². The van der Waals surface area contributed by atoms with Crippen LogP contribution in [0.25, 0.3) is 0 Å². The Labute approximate surface area is 111 Å². The number of hydrogen-bond donors (Lipinski definition) is 3. The number of carbonyl (C=O) groups is 1. The number of ether oxygens (including phenoxy) is 1. The third-order valence-electron chi connectivity index (χ3n) is 2.71. The third-order valence-corrected chi connectivity index (χ3v) is 2.71. The number of rotatable bonds is 6. The number of carbonyl (C=O) groups excluding carboxylic acids is 1. The van der Waals surface area contributed by atoms with Crippen LogP contribution in [0.1, 0.15) is 23.7 Å². The van der Waals surface area contributed by atoms with Gasteiger partial charge in [0.2, 0.25) is 0 Å². The van der Waals surface area contributed by atoms with Gasteiger partial charge in [-0.05, 0) is 25.1 Å². The lowest BCUT2D eigenvalue weighted by Crippen LogP contribution is -2.41. The molecule has 0 fully saturated rings. The molecule has 1 aromatic rings. The van der Waals surface area contributed by atoms with Crippen LogP contribution in [0.5, 0.6) is 0 Å². The zero-order valence-corrected chi connectivity index (χ0v) is 11.1. The summed E-state index contributed by atoms with van der Waals surface area (Å²) in [5.74, 6) is -1.27. The molecule has 19 heavy (non-hydrogen) atoms. The molecule has 1 aromatic carbocycles. The first-order valence-corrected chi connectivity index (χ1v) is 5.90. The van der Waals surface area contributed by atoms with Crippen LogP contribution in [0, 0.1) is 5.82 Å². The lowest BCUT2D eigenvalue weighted by atomic mass is 10.0. The average Bonchev–Trinajstić information content (AvgIpc) is 2.34. The van der Waals surface area contributed by atoms with Crippen LogP contribution in [0.4, 0.5) is 10.1 Å². The molecule has 0 aliphatic heterocycles. The summed E-state index contributed by atoms with van der Waals surface area (Å²) in [4.78, 5) is 11.8. The zero-order valence-electron chi connectivity index (χ0n) is 11.1. The third kappa shape index (κ3) is 4.84. The average molecular weight is 270 g/mol. The van der Waals surface area contributed by atoms with Crippen LogP contribution in [-0.4, -0.2) is 36.9 Å². The van der Waals surface area contributed by atoms with Crippen LogP contribution in [0.15, 0.2) is 18.2 Å². The highest BCUT2D eigenvalue weighted by Crippen LogP contribution is 2.13. The van der Waals surface area contributed by atoms with Crippen molar-refractivity contribution >= 4 is 11.6 Å². The molecular weight excluding hydrogens is 251 g/mol. The molecule has 106 valence electrons. The second-order valence-electron chi connectivity index (χ2n) is 4.66. The molecule has 0 aliphatic carbocycles. The summed E-state index contributed by atoms with van der Waals surface area (Å²) < 4.78 is 18.4. The Morgan fingerprint density at radius 3 is 2.84 bits per heavy atom. The summed E-state index contributed by atoms with van der Waals surface area (Å²) >= 11 is 0. The molecule has 1 unspecified atom stereocenters. The normalized spacial score (nSPS) is 13.9. The topological polar surface area (TPSA) is 84.6 Å². The van der Waals surface area contributed by atoms with Gasteiger partial charge in [-0.15, -0.1) is 0 Å². The zero-order chi connectivity index (χ0) is 14.5. The summed E-state index contributed by atoms with van der Waals surface area (Å²) in [6.07, 6.45) is 0.369. The summed E-state index contributed by atoms with van der Waals surface area (Å²) in [5, 5.41) is 12.4. The van der Waals surface area contributed by atoms with Gasteiger partial charge in [0.15, 0.2) is 0 Å². The minimum atomic E-state index is -1.10. The molecule has 0 radical (unpaired) electrons. The van der Waals surface area contributed by atoms with E-state index in [1.165, 1.54) is 19.2 Å². The minimum Gasteiger partial charge on any atom is -0.399 e. The second-order valence-corrected chi connectivity index (χ2v) is 4.66. The summed E-state index contributed by atoms with van der Waals surface area (Å²) in [6.45, 7) is 1.96. The molecule has 6 heteroatoms. The maximum Gasteiger partial charge on any atom is 0.254 e. The summed E-state index contributed by atoms with van der Waals surface area (Å²) in [6, 6.07) is 3.84. The van der Waals surface area contributed by atoms with E-state index in [2.05, 4.69) is 5.32 Å². The highest BCUT2D eigenvalue weighted by Gasteiger charge is 2.22. The number of nitrogen functional groups attached to an aromatic ring is 1. The predicted octanol–water partition coefficient (Wildman–Crippen LogP) is 0.925. The van der Waals surface area contributed by atoms with Crippen molar-refractivity contribution in [3.8, 4) is 0 Å². The SMILES string of the molecule is COCCC(C)(O)CNC(=O)c1ccc(N)cc1F. The first kappa shape index (κ1) is 15.4. The van der Waals surface area contributed by atoms with Crippen molar-refractivity contribution in [1.29, 1.82) is 0 Å². The Morgan fingerprint density at radius 1 is 1.58 bits per heavy atom. The van der Waals surface area contributed by atoms with Gasteiger partial charge >= 0.3 is 0 Å². The molecule has 0 spiro atoms. The number of hydrogen-bond acceptors (Lipinski definition) is 4. The number of aliphatic hydroxyl groups is 1. The fourth-order valence-corrected chi connectivity index (χ4v) is 1.49. The lowest BCUT2D eigenvalue weighted by Gasteiger charge is -2.23. The van der Waals surface area contributed by atoms with Crippen molar-refractivity contribution in [2.75, 3.05) is 26.0 Å². The van der Waals surface area contributed by atoms with E-state index in [-0.39, 0.29) is 17.8 Å². The largest absolute Gasteiger partial charge is 0.399 e. The Hall–Kier alpha value is -1.66.